The van der Waals surface area contributed by atoms with Gasteiger partial charge >= 0.3 is 5.97 Å². The Hall–Kier alpha value is -2.11. The Kier molecular flexibility index (Phi) is 5.29. The molecule has 0 radical (unpaired) electrons. The predicted molar refractivity (Wildman–Crippen MR) is 72.1 cm³/mol. The first-order valence-corrected chi connectivity index (χ1v) is 6.16. The number of carboxylic acids is 1. The summed E-state index contributed by atoms with van der Waals surface area (Å²) in [7, 11) is 0. The van der Waals surface area contributed by atoms with Crippen molar-refractivity contribution in [3.8, 4) is 0 Å². The van der Waals surface area contributed by atoms with Gasteiger partial charge in [0, 0.05) is 18.2 Å². The molecule has 0 aliphatic carbocycles. The van der Waals surface area contributed by atoms with Gasteiger partial charge in [0.25, 0.3) is 5.91 Å². The molecule has 6 heteroatoms. The fourth-order valence-electron chi connectivity index (χ4n) is 1.73. The molecule has 0 aromatic carbocycles. The van der Waals surface area contributed by atoms with E-state index in [1.54, 1.807) is 12.1 Å². The number of anilines is 1. The second-order valence-corrected chi connectivity index (χ2v) is 4.54. The van der Waals surface area contributed by atoms with Crippen LogP contribution in [0.15, 0.2) is 12.1 Å². The van der Waals surface area contributed by atoms with Crippen LogP contribution in [-0.4, -0.2) is 28.0 Å². The SMILES string of the molecule is Cc1ccc(C(N)=O)c(NC(C)CCCC(=O)O)n1. The molecule has 0 saturated heterocycles. The van der Waals surface area contributed by atoms with Gasteiger partial charge in [-0.1, -0.05) is 0 Å². The highest BCUT2D eigenvalue weighted by Gasteiger charge is 2.12. The Balaban J connectivity index is 2.67. The standard InChI is InChI=1S/C13H19N3O3/c1-8(4-3-5-11(17)18)15-13-10(12(14)19)7-6-9(2)16-13/h6-8H,3-5H2,1-2H3,(H2,14,19)(H,15,16)(H,17,18). The van der Waals surface area contributed by atoms with E-state index in [1.165, 1.54) is 0 Å². The molecule has 0 saturated carbocycles. The van der Waals surface area contributed by atoms with Gasteiger partial charge in [-0.25, -0.2) is 4.98 Å². The molecule has 0 fully saturated rings. The normalized spacial score (nSPS) is 11.9. The van der Waals surface area contributed by atoms with Crippen LogP contribution in [0.5, 0.6) is 0 Å². The van der Waals surface area contributed by atoms with Gasteiger partial charge in [0.05, 0.1) is 5.56 Å². The lowest BCUT2D eigenvalue weighted by Gasteiger charge is -2.16. The highest BCUT2D eigenvalue weighted by molar-refractivity contribution is 5.97. The number of amides is 1. The lowest BCUT2D eigenvalue weighted by Crippen LogP contribution is -2.21. The molecule has 1 heterocycles. The number of nitrogens with zero attached hydrogens (tertiary/aromatic N) is 1. The van der Waals surface area contributed by atoms with Gasteiger partial charge in [0.15, 0.2) is 0 Å². The van der Waals surface area contributed by atoms with Crippen LogP contribution < -0.4 is 11.1 Å². The van der Waals surface area contributed by atoms with Crippen LogP contribution in [0.4, 0.5) is 5.82 Å². The van der Waals surface area contributed by atoms with E-state index in [2.05, 4.69) is 10.3 Å². The van der Waals surface area contributed by atoms with Crippen molar-refractivity contribution in [3.63, 3.8) is 0 Å². The van der Waals surface area contributed by atoms with Crippen molar-refractivity contribution in [3.05, 3.63) is 23.4 Å². The van der Waals surface area contributed by atoms with Crippen LogP contribution in [0.2, 0.25) is 0 Å². The quantitative estimate of drug-likeness (QED) is 0.693. The maximum absolute atomic E-state index is 11.3. The van der Waals surface area contributed by atoms with Gasteiger partial charge < -0.3 is 16.2 Å². The van der Waals surface area contributed by atoms with Crippen LogP contribution in [-0.2, 0) is 4.79 Å². The van der Waals surface area contributed by atoms with Crippen LogP contribution >= 0.6 is 0 Å². The first-order chi connectivity index (χ1) is 8.90. The maximum atomic E-state index is 11.3. The number of carbonyl (C=O) groups excluding carboxylic acids is 1. The number of carbonyl (C=O) groups is 2. The zero-order chi connectivity index (χ0) is 14.4. The molecule has 0 aliphatic rings. The molecule has 6 nitrogen and oxygen atoms in total. The topological polar surface area (TPSA) is 105 Å². The average Bonchev–Trinajstić information content (AvgIpc) is 2.27. The van der Waals surface area contributed by atoms with Crippen LogP contribution in [0.1, 0.15) is 42.2 Å². The van der Waals surface area contributed by atoms with Crippen LogP contribution in [0, 0.1) is 6.92 Å². The van der Waals surface area contributed by atoms with E-state index in [9.17, 15) is 9.59 Å². The lowest BCUT2D eigenvalue weighted by molar-refractivity contribution is -0.137. The molecule has 1 aromatic rings. The molecule has 19 heavy (non-hydrogen) atoms. The monoisotopic (exact) mass is 265 g/mol. The zero-order valence-corrected chi connectivity index (χ0v) is 11.1. The van der Waals surface area contributed by atoms with Crippen LogP contribution in [0.25, 0.3) is 0 Å². The van der Waals surface area contributed by atoms with E-state index in [0.717, 1.165) is 5.69 Å². The third-order valence-corrected chi connectivity index (χ3v) is 2.71. The number of carboxylic acid groups (broad SMARTS) is 1. The number of hydrogen-bond acceptors (Lipinski definition) is 4. The van der Waals surface area contributed by atoms with Crippen molar-refractivity contribution in [1.82, 2.24) is 4.98 Å². The predicted octanol–water partition coefficient (Wildman–Crippen LogP) is 1.54. The Bertz CT molecular complexity index is 474. The molecule has 1 atom stereocenters. The fourth-order valence-corrected chi connectivity index (χ4v) is 1.73. The molecular weight excluding hydrogens is 246 g/mol. The van der Waals surface area contributed by atoms with E-state index in [4.69, 9.17) is 10.8 Å². The Morgan fingerprint density at radius 1 is 1.47 bits per heavy atom. The summed E-state index contributed by atoms with van der Waals surface area (Å²) in [5.41, 5.74) is 6.41. The van der Waals surface area contributed by atoms with Crippen molar-refractivity contribution in [2.24, 2.45) is 5.73 Å². The van der Waals surface area contributed by atoms with Crippen molar-refractivity contribution in [2.75, 3.05) is 5.32 Å². The minimum Gasteiger partial charge on any atom is -0.481 e. The van der Waals surface area contributed by atoms with Crippen molar-refractivity contribution in [2.45, 2.75) is 39.2 Å². The number of nitrogens with one attached hydrogen (secondary N) is 1. The summed E-state index contributed by atoms with van der Waals surface area (Å²) in [6, 6.07) is 3.38. The molecule has 1 amide bonds. The first-order valence-electron chi connectivity index (χ1n) is 6.16. The first kappa shape index (κ1) is 14.9. The number of rotatable bonds is 7. The Labute approximate surface area is 112 Å². The number of aryl methyl sites for hydroxylation is 1. The summed E-state index contributed by atoms with van der Waals surface area (Å²) in [6.45, 7) is 3.74. The van der Waals surface area contributed by atoms with Gasteiger partial charge in [-0.2, -0.15) is 0 Å². The van der Waals surface area contributed by atoms with Gasteiger partial charge in [-0.15, -0.1) is 0 Å². The van der Waals surface area contributed by atoms with E-state index in [-0.39, 0.29) is 12.5 Å². The maximum Gasteiger partial charge on any atom is 0.303 e. The Morgan fingerprint density at radius 2 is 2.16 bits per heavy atom. The number of primary amides is 1. The molecule has 0 spiro atoms. The van der Waals surface area contributed by atoms with Gasteiger partial charge in [0.2, 0.25) is 0 Å². The fraction of sp³-hybridized carbons (Fsp3) is 0.462. The number of aromatic nitrogens is 1. The average molecular weight is 265 g/mol. The second kappa shape index (κ2) is 6.72. The largest absolute Gasteiger partial charge is 0.481 e. The van der Waals surface area contributed by atoms with Gasteiger partial charge in [-0.3, -0.25) is 9.59 Å². The van der Waals surface area contributed by atoms with E-state index < -0.39 is 11.9 Å². The lowest BCUT2D eigenvalue weighted by atomic mass is 10.1. The van der Waals surface area contributed by atoms with Crippen molar-refractivity contribution in [1.29, 1.82) is 0 Å². The molecule has 0 aliphatic heterocycles. The van der Waals surface area contributed by atoms with Gasteiger partial charge in [-0.05, 0) is 38.8 Å². The molecule has 0 bridgehead atoms. The molecule has 104 valence electrons. The van der Waals surface area contributed by atoms with E-state index in [1.807, 2.05) is 13.8 Å². The minimum absolute atomic E-state index is 0.0201. The highest BCUT2D eigenvalue weighted by atomic mass is 16.4. The summed E-state index contributed by atoms with van der Waals surface area (Å²) >= 11 is 0. The van der Waals surface area contributed by atoms with E-state index in [0.29, 0.717) is 24.2 Å². The van der Waals surface area contributed by atoms with Crippen molar-refractivity contribution >= 4 is 17.7 Å². The highest BCUT2D eigenvalue weighted by Crippen LogP contribution is 2.15. The summed E-state index contributed by atoms with van der Waals surface area (Å²) in [4.78, 5) is 26.0. The zero-order valence-electron chi connectivity index (χ0n) is 11.1. The van der Waals surface area contributed by atoms with E-state index >= 15 is 0 Å². The third kappa shape index (κ3) is 4.95. The van der Waals surface area contributed by atoms with Crippen molar-refractivity contribution < 1.29 is 14.7 Å². The second-order valence-electron chi connectivity index (χ2n) is 4.54. The molecule has 1 unspecified atom stereocenters. The van der Waals surface area contributed by atoms with Crippen LogP contribution in [0.3, 0.4) is 0 Å². The Morgan fingerprint density at radius 3 is 2.74 bits per heavy atom. The number of nitrogens with two attached hydrogens (primary N) is 1. The number of aliphatic carboxylic acids is 1. The third-order valence-electron chi connectivity index (χ3n) is 2.71. The molecule has 1 aromatic heterocycles. The number of pyridine rings is 1. The molecular formula is C13H19N3O3. The summed E-state index contributed by atoms with van der Waals surface area (Å²) in [5, 5.41) is 11.7. The summed E-state index contributed by atoms with van der Waals surface area (Å²) in [6.07, 6.45) is 1.39. The smallest absolute Gasteiger partial charge is 0.303 e. The number of hydrogen-bond donors (Lipinski definition) is 3. The summed E-state index contributed by atoms with van der Waals surface area (Å²) in [5.74, 6) is -0.887. The summed E-state index contributed by atoms with van der Waals surface area (Å²) < 4.78 is 0. The molecule has 4 N–H and O–H groups in total. The van der Waals surface area contributed by atoms with Gasteiger partial charge in [0.1, 0.15) is 5.82 Å². The minimum atomic E-state index is -0.807. The molecule has 1 rings (SSSR count).